The molecule has 0 atom stereocenters. The molecule has 1 aromatic rings. The highest BCUT2D eigenvalue weighted by atomic mass is 35.5. The van der Waals surface area contributed by atoms with Crippen molar-refractivity contribution in [1.82, 2.24) is 5.32 Å². The van der Waals surface area contributed by atoms with Gasteiger partial charge in [-0.25, -0.2) is 4.39 Å². The Morgan fingerprint density at radius 3 is 2.75 bits per heavy atom. The fourth-order valence-corrected chi connectivity index (χ4v) is 1.95. The van der Waals surface area contributed by atoms with Gasteiger partial charge in [-0.05, 0) is 18.9 Å². The Balaban J connectivity index is 1.99. The van der Waals surface area contributed by atoms with E-state index in [2.05, 4.69) is 5.32 Å². The van der Waals surface area contributed by atoms with E-state index in [0.717, 1.165) is 12.8 Å². The number of halogens is 2. The number of nitrogens with one attached hydrogen (secondary N) is 1. The number of hydrogen-bond acceptors (Lipinski definition) is 2. The first-order chi connectivity index (χ1) is 7.69. The third-order valence-corrected chi connectivity index (χ3v) is 3.54. The molecule has 0 amide bonds. The van der Waals surface area contributed by atoms with Crippen LogP contribution in [-0.4, -0.2) is 18.5 Å². The van der Waals surface area contributed by atoms with E-state index in [1.807, 2.05) is 0 Å². The Hall–Kier alpha value is -0.800. The van der Waals surface area contributed by atoms with Crippen LogP contribution in [0, 0.1) is 5.82 Å². The van der Waals surface area contributed by atoms with E-state index in [0.29, 0.717) is 23.7 Å². The molecule has 1 N–H and O–H groups in total. The van der Waals surface area contributed by atoms with Gasteiger partial charge in [0.25, 0.3) is 0 Å². The largest absolute Gasteiger partial charge is 0.497 e. The van der Waals surface area contributed by atoms with Crippen molar-refractivity contribution in [2.45, 2.75) is 24.9 Å². The minimum absolute atomic E-state index is 0.0495. The number of ether oxygens (including phenoxy) is 1. The van der Waals surface area contributed by atoms with Crippen LogP contribution < -0.4 is 10.1 Å². The molecule has 1 aromatic carbocycles. The molecule has 0 spiro atoms. The van der Waals surface area contributed by atoms with Crippen molar-refractivity contribution in [2.75, 3.05) is 13.0 Å². The van der Waals surface area contributed by atoms with Crippen molar-refractivity contribution >= 4 is 11.6 Å². The summed E-state index contributed by atoms with van der Waals surface area (Å²) in [6, 6.07) is 4.91. The summed E-state index contributed by atoms with van der Waals surface area (Å²) in [6.45, 7) is 0.516. The van der Waals surface area contributed by atoms with E-state index in [4.69, 9.17) is 16.3 Å². The predicted molar refractivity (Wildman–Crippen MR) is 62.5 cm³/mol. The van der Waals surface area contributed by atoms with Crippen LogP contribution in [0.25, 0.3) is 0 Å². The monoisotopic (exact) mass is 243 g/mol. The van der Waals surface area contributed by atoms with Crippen molar-refractivity contribution in [3.8, 4) is 5.75 Å². The van der Waals surface area contributed by atoms with Crippen molar-refractivity contribution in [2.24, 2.45) is 0 Å². The summed E-state index contributed by atoms with van der Waals surface area (Å²) in [5, 5.41) is 3.30. The molecule has 1 saturated carbocycles. The predicted octanol–water partition coefficient (Wildman–Crippen LogP) is 2.70. The first kappa shape index (κ1) is 11.7. The molecule has 0 radical (unpaired) electrons. The number of rotatable bonds is 5. The molecule has 0 aromatic heterocycles. The lowest BCUT2D eigenvalue weighted by atomic mass is 10.2. The van der Waals surface area contributed by atoms with E-state index in [1.165, 1.54) is 13.2 Å². The molecular weight excluding hydrogens is 229 g/mol. The summed E-state index contributed by atoms with van der Waals surface area (Å²) in [4.78, 5) is 0. The fraction of sp³-hybridized carbons (Fsp3) is 0.500. The van der Waals surface area contributed by atoms with Crippen molar-refractivity contribution in [3.05, 3.63) is 29.6 Å². The van der Waals surface area contributed by atoms with Crippen LogP contribution in [0.4, 0.5) is 4.39 Å². The highest BCUT2D eigenvalue weighted by Gasteiger charge is 2.41. The molecule has 1 aliphatic carbocycles. The average Bonchev–Trinajstić information content (AvgIpc) is 3.08. The van der Waals surface area contributed by atoms with Gasteiger partial charge in [0.05, 0.1) is 7.11 Å². The lowest BCUT2D eigenvalue weighted by Gasteiger charge is -2.14. The highest BCUT2D eigenvalue weighted by Crippen LogP contribution is 2.36. The van der Waals surface area contributed by atoms with E-state index >= 15 is 0 Å². The second-order valence-corrected chi connectivity index (χ2v) is 4.49. The van der Waals surface area contributed by atoms with Crippen LogP contribution >= 0.6 is 11.6 Å². The highest BCUT2D eigenvalue weighted by molar-refractivity contribution is 6.18. The summed E-state index contributed by atoms with van der Waals surface area (Å²) < 4.78 is 18.5. The van der Waals surface area contributed by atoms with Crippen molar-refractivity contribution < 1.29 is 9.13 Å². The van der Waals surface area contributed by atoms with Crippen LogP contribution in [0.15, 0.2) is 18.2 Å². The van der Waals surface area contributed by atoms with Gasteiger partial charge in [0.1, 0.15) is 11.6 Å². The van der Waals surface area contributed by atoms with Crippen molar-refractivity contribution in [3.63, 3.8) is 0 Å². The first-order valence-electron chi connectivity index (χ1n) is 5.32. The number of alkyl halides is 1. The van der Waals surface area contributed by atoms with Crippen LogP contribution in [0.1, 0.15) is 18.4 Å². The molecule has 1 fully saturated rings. The third-order valence-electron chi connectivity index (χ3n) is 3.02. The Bertz CT molecular complexity index is 379. The lowest BCUT2D eigenvalue weighted by Crippen LogP contribution is -2.32. The standard InChI is InChI=1S/C12H15ClFNO/c1-16-10-3-2-9(11(14)6-10)7-15-12(8-13)4-5-12/h2-3,6,15H,4-5,7-8H2,1H3. The van der Waals surface area contributed by atoms with E-state index in [9.17, 15) is 4.39 Å². The molecule has 2 rings (SSSR count). The zero-order valence-electron chi connectivity index (χ0n) is 9.22. The summed E-state index contributed by atoms with van der Waals surface area (Å²) in [7, 11) is 1.53. The maximum atomic E-state index is 13.6. The molecule has 0 unspecified atom stereocenters. The van der Waals surface area contributed by atoms with Gasteiger partial charge in [-0.1, -0.05) is 6.07 Å². The minimum Gasteiger partial charge on any atom is -0.497 e. The Morgan fingerprint density at radius 1 is 1.50 bits per heavy atom. The molecule has 0 heterocycles. The Labute approximate surface area is 99.7 Å². The normalized spacial score (nSPS) is 17.2. The summed E-state index contributed by atoms with van der Waals surface area (Å²) in [5.41, 5.74) is 0.700. The Morgan fingerprint density at radius 2 is 2.25 bits per heavy atom. The molecule has 0 bridgehead atoms. The maximum absolute atomic E-state index is 13.6. The first-order valence-corrected chi connectivity index (χ1v) is 5.86. The van der Waals surface area contributed by atoms with Gasteiger partial charge in [0.15, 0.2) is 0 Å². The fourth-order valence-electron chi connectivity index (χ4n) is 1.59. The SMILES string of the molecule is COc1ccc(CNC2(CCl)CC2)c(F)c1. The van der Waals surface area contributed by atoms with Gasteiger partial charge in [0, 0.05) is 29.6 Å². The van der Waals surface area contributed by atoms with E-state index in [1.54, 1.807) is 12.1 Å². The zero-order chi connectivity index (χ0) is 11.6. The molecular formula is C12H15ClFNO. The van der Waals surface area contributed by atoms with Gasteiger partial charge in [-0.15, -0.1) is 11.6 Å². The van der Waals surface area contributed by atoms with Gasteiger partial charge in [-0.3, -0.25) is 0 Å². The average molecular weight is 244 g/mol. The maximum Gasteiger partial charge on any atom is 0.131 e. The topological polar surface area (TPSA) is 21.3 Å². The van der Waals surface area contributed by atoms with Gasteiger partial charge < -0.3 is 10.1 Å². The summed E-state index contributed by atoms with van der Waals surface area (Å²) in [6.07, 6.45) is 2.16. The molecule has 2 nitrogen and oxygen atoms in total. The lowest BCUT2D eigenvalue weighted by molar-refractivity contribution is 0.410. The molecule has 88 valence electrons. The molecule has 0 aliphatic heterocycles. The van der Waals surface area contributed by atoms with E-state index in [-0.39, 0.29) is 11.4 Å². The number of benzene rings is 1. The molecule has 1 aliphatic rings. The minimum atomic E-state index is -0.239. The van der Waals surface area contributed by atoms with Crippen LogP contribution in [0.2, 0.25) is 0 Å². The van der Waals surface area contributed by atoms with Gasteiger partial charge >= 0.3 is 0 Å². The quantitative estimate of drug-likeness (QED) is 0.803. The summed E-state index contributed by atoms with van der Waals surface area (Å²) >= 11 is 5.83. The van der Waals surface area contributed by atoms with Gasteiger partial charge in [-0.2, -0.15) is 0 Å². The smallest absolute Gasteiger partial charge is 0.131 e. The van der Waals surface area contributed by atoms with Crippen LogP contribution in [0.5, 0.6) is 5.75 Å². The van der Waals surface area contributed by atoms with Crippen LogP contribution in [-0.2, 0) is 6.54 Å². The summed E-state index contributed by atoms with van der Waals surface area (Å²) in [5.74, 6) is 0.891. The van der Waals surface area contributed by atoms with Crippen molar-refractivity contribution in [1.29, 1.82) is 0 Å². The number of methoxy groups -OCH3 is 1. The molecule has 4 heteroatoms. The third kappa shape index (κ3) is 2.47. The molecule has 0 saturated heterocycles. The number of hydrogen-bond donors (Lipinski definition) is 1. The van der Waals surface area contributed by atoms with Gasteiger partial charge in [0.2, 0.25) is 0 Å². The second-order valence-electron chi connectivity index (χ2n) is 4.22. The van der Waals surface area contributed by atoms with Crippen LogP contribution in [0.3, 0.4) is 0 Å². The zero-order valence-corrected chi connectivity index (χ0v) is 9.98. The Kier molecular flexibility index (Phi) is 3.36. The second kappa shape index (κ2) is 4.60. The molecule has 16 heavy (non-hydrogen) atoms. The van der Waals surface area contributed by atoms with E-state index < -0.39 is 0 Å².